The number of Topliss-reactive ketones (excluding diaryl/α,β-unsaturated/α-hetero) is 1. The van der Waals surface area contributed by atoms with E-state index in [2.05, 4.69) is 6.07 Å². The van der Waals surface area contributed by atoms with Crippen LogP contribution in [-0.2, 0) is 6.61 Å². The summed E-state index contributed by atoms with van der Waals surface area (Å²) < 4.78 is 5.74. The summed E-state index contributed by atoms with van der Waals surface area (Å²) in [6.45, 7) is 3.84. The Morgan fingerprint density at radius 1 is 1.25 bits per heavy atom. The molecule has 2 aromatic carbocycles. The van der Waals surface area contributed by atoms with Crippen LogP contribution in [0.3, 0.4) is 0 Å². The summed E-state index contributed by atoms with van der Waals surface area (Å²) in [5, 5.41) is 8.84. The number of benzene rings is 2. The second kappa shape index (κ2) is 6.03. The van der Waals surface area contributed by atoms with Gasteiger partial charge in [0.05, 0.1) is 17.2 Å². The highest BCUT2D eigenvalue weighted by atomic mass is 16.5. The van der Waals surface area contributed by atoms with Crippen molar-refractivity contribution in [1.82, 2.24) is 0 Å². The lowest BCUT2D eigenvalue weighted by atomic mass is 10.1. The molecule has 0 aliphatic heterocycles. The first-order valence-electron chi connectivity index (χ1n) is 6.34. The normalized spacial score (nSPS) is 9.85. The van der Waals surface area contributed by atoms with Gasteiger partial charge in [-0.05, 0) is 49.2 Å². The van der Waals surface area contributed by atoms with Gasteiger partial charge in [-0.1, -0.05) is 18.2 Å². The van der Waals surface area contributed by atoms with E-state index in [4.69, 9.17) is 10.00 Å². The van der Waals surface area contributed by atoms with Crippen molar-refractivity contribution in [2.24, 2.45) is 0 Å². The molecule has 0 unspecified atom stereocenters. The van der Waals surface area contributed by atoms with E-state index in [1.165, 1.54) is 6.92 Å². The van der Waals surface area contributed by atoms with Gasteiger partial charge in [0, 0.05) is 0 Å². The molecule has 0 aliphatic rings. The van der Waals surface area contributed by atoms with Crippen LogP contribution in [0.2, 0.25) is 0 Å². The van der Waals surface area contributed by atoms with Crippen LogP contribution >= 0.6 is 0 Å². The zero-order valence-corrected chi connectivity index (χ0v) is 11.5. The molecular formula is C17H15NO2. The molecule has 100 valence electrons. The summed E-state index contributed by atoms with van der Waals surface area (Å²) in [6.07, 6.45) is 0. The largest absolute Gasteiger partial charge is 0.488 e. The molecule has 2 aromatic rings. The number of ether oxygens (including phenoxy) is 1. The van der Waals surface area contributed by atoms with Gasteiger partial charge in [0.1, 0.15) is 12.4 Å². The third-order valence-electron chi connectivity index (χ3n) is 3.12. The number of hydrogen-bond donors (Lipinski definition) is 0. The predicted molar refractivity (Wildman–Crippen MR) is 76.7 cm³/mol. The first-order valence-corrected chi connectivity index (χ1v) is 6.34. The quantitative estimate of drug-likeness (QED) is 0.793. The third-order valence-corrected chi connectivity index (χ3v) is 3.12. The monoisotopic (exact) mass is 265 g/mol. The molecule has 0 saturated carbocycles. The molecule has 0 saturated heterocycles. The highest BCUT2D eigenvalue weighted by Crippen LogP contribution is 2.21. The van der Waals surface area contributed by atoms with Gasteiger partial charge in [-0.3, -0.25) is 4.79 Å². The zero-order valence-electron chi connectivity index (χ0n) is 11.5. The Balaban J connectivity index is 2.18. The molecule has 0 heterocycles. The second-order valence-corrected chi connectivity index (χ2v) is 4.59. The average Bonchev–Trinajstić information content (AvgIpc) is 2.46. The van der Waals surface area contributed by atoms with E-state index in [0.717, 1.165) is 11.1 Å². The topological polar surface area (TPSA) is 50.1 Å². The Morgan fingerprint density at radius 3 is 2.65 bits per heavy atom. The van der Waals surface area contributed by atoms with Crippen molar-refractivity contribution in [1.29, 1.82) is 5.26 Å². The number of rotatable bonds is 4. The van der Waals surface area contributed by atoms with Gasteiger partial charge < -0.3 is 4.74 Å². The maximum Gasteiger partial charge on any atom is 0.163 e. The van der Waals surface area contributed by atoms with Crippen molar-refractivity contribution < 1.29 is 9.53 Å². The van der Waals surface area contributed by atoms with Gasteiger partial charge in [-0.2, -0.15) is 5.26 Å². The van der Waals surface area contributed by atoms with Crippen molar-refractivity contribution >= 4 is 5.78 Å². The summed E-state index contributed by atoms with van der Waals surface area (Å²) in [5.74, 6) is 0.570. The highest BCUT2D eigenvalue weighted by Gasteiger charge is 2.08. The molecular weight excluding hydrogens is 250 g/mol. The Hall–Kier alpha value is -2.60. The third kappa shape index (κ3) is 3.04. The van der Waals surface area contributed by atoms with E-state index >= 15 is 0 Å². The minimum Gasteiger partial charge on any atom is -0.488 e. The van der Waals surface area contributed by atoms with Crippen LogP contribution in [0, 0.1) is 18.3 Å². The van der Waals surface area contributed by atoms with E-state index < -0.39 is 0 Å². The molecule has 0 radical (unpaired) electrons. The number of carbonyl (C=O) groups is 1. The average molecular weight is 265 g/mol. The predicted octanol–water partition coefficient (Wildman–Crippen LogP) is 3.65. The fourth-order valence-corrected chi connectivity index (χ4v) is 1.97. The SMILES string of the molecule is CC(=O)c1ccccc1OCc1ccc(C#N)cc1C. The number of aryl methyl sites for hydroxylation is 1. The molecule has 0 fully saturated rings. The molecule has 0 atom stereocenters. The first kappa shape index (κ1) is 13.8. The van der Waals surface area contributed by atoms with Crippen molar-refractivity contribution in [2.75, 3.05) is 0 Å². The van der Waals surface area contributed by atoms with E-state index in [1.807, 2.05) is 31.2 Å². The Kier molecular flexibility index (Phi) is 4.17. The molecule has 0 aliphatic carbocycles. The van der Waals surface area contributed by atoms with E-state index in [1.54, 1.807) is 18.2 Å². The molecule has 0 amide bonds. The van der Waals surface area contributed by atoms with Crippen molar-refractivity contribution in [3.63, 3.8) is 0 Å². The fourth-order valence-electron chi connectivity index (χ4n) is 1.97. The lowest BCUT2D eigenvalue weighted by molar-refractivity contribution is 0.101. The van der Waals surface area contributed by atoms with Crippen LogP contribution in [0.4, 0.5) is 0 Å². The lowest BCUT2D eigenvalue weighted by Crippen LogP contribution is -2.02. The molecule has 3 nitrogen and oxygen atoms in total. The van der Waals surface area contributed by atoms with E-state index in [0.29, 0.717) is 23.5 Å². The van der Waals surface area contributed by atoms with Crippen LogP contribution < -0.4 is 4.74 Å². The summed E-state index contributed by atoms with van der Waals surface area (Å²) in [6, 6.07) is 14.8. The number of hydrogen-bond acceptors (Lipinski definition) is 3. The van der Waals surface area contributed by atoms with E-state index in [9.17, 15) is 4.79 Å². The Morgan fingerprint density at radius 2 is 2.00 bits per heavy atom. The van der Waals surface area contributed by atoms with Crippen LogP contribution in [0.25, 0.3) is 0 Å². The fraction of sp³-hybridized carbons (Fsp3) is 0.176. The molecule has 0 N–H and O–H groups in total. The maximum absolute atomic E-state index is 11.5. The standard InChI is InChI=1S/C17H15NO2/c1-12-9-14(10-18)7-8-15(12)11-20-17-6-4-3-5-16(17)13(2)19/h3-9H,11H2,1-2H3. The number of para-hydroxylation sites is 1. The molecule has 0 spiro atoms. The van der Waals surface area contributed by atoms with Gasteiger partial charge in [-0.15, -0.1) is 0 Å². The van der Waals surface area contributed by atoms with Crippen LogP contribution in [0.15, 0.2) is 42.5 Å². The first-order chi connectivity index (χ1) is 9.61. The van der Waals surface area contributed by atoms with Crippen LogP contribution in [0.1, 0.15) is 34.0 Å². The van der Waals surface area contributed by atoms with Crippen molar-refractivity contribution in [3.8, 4) is 11.8 Å². The second-order valence-electron chi connectivity index (χ2n) is 4.59. The minimum absolute atomic E-state index is 0.0165. The lowest BCUT2D eigenvalue weighted by Gasteiger charge is -2.11. The summed E-state index contributed by atoms with van der Waals surface area (Å²) in [5.41, 5.74) is 3.22. The van der Waals surface area contributed by atoms with Gasteiger partial charge in [0.2, 0.25) is 0 Å². The number of carbonyl (C=O) groups excluding carboxylic acids is 1. The molecule has 3 heteroatoms. The van der Waals surface area contributed by atoms with Crippen molar-refractivity contribution in [3.05, 3.63) is 64.7 Å². The summed E-state index contributed by atoms with van der Waals surface area (Å²) in [7, 11) is 0. The molecule has 0 bridgehead atoms. The van der Waals surface area contributed by atoms with Gasteiger partial charge in [0.15, 0.2) is 5.78 Å². The summed E-state index contributed by atoms with van der Waals surface area (Å²) in [4.78, 5) is 11.5. The number of ketones is 1. The van der Waals surface area contributed by atoms with Crippen molar-refractivity contribution in [2.45, 2.75) is 20.5 Å². The number of nitrogens with zero attached hydrogens (tertiary/aromatic N) is 1. The van der Waals surface area contributed by atoms with E-state index in [-0.39, 0.29) is 5.78 Å². The Labute approximate surface area is 118 Å². The minimum atomic E-state index is -0.0165. The smallest absolute Gasteiger partial charge is 0.163 e. The van der Waals surface area contributed by atoms with Crippen LogP contribution in [0.5, 0.6) is 5.75 Å². The molecule has 2 rings (SSSR count). The molecule has 0 aromatic heterocycles. The highest BCUT2D eigenvalue weighted by molar-refractivity contribution is 5.96. The van der Waals surface area contributed by atoms with Crippen LogP contribution in [-0.4, -0.2) is 5.78 Å². The van der Waals surface area contributed by atoms with Gasteiger partial charge in [-0.25, -0.2) is 0 Å². The molecule has 20 heavy (non-hydrogen) atoms. The van der Waals surface area contributed by atoms with Gasteiger partial charge in [0.25, 0.3) is 0 Å². The van der Waals surface area contributed by atoms with Gasteiger partial charge >= 0.3 is 0 Å². The number of nitriles is 1. The summed E-state index contributed by atoms with van der Waals surface area (Å²) >= 11 is 0. The zero-order chi connectivity index (χ0) is 14.5. The maximum atomic E-state index is 11.5. The Bertz CT molecular complexity index is 684.